The van der Waals surface area contributed by atoms with Crippen LogP contribution in [-0.2, 0) is 0 Å². The zero-order chi connectivity index (χ0) is 17.8. The van der Waals surface area contributed by atoms with Crippen LogP contribution in [0.4, 0.5) is 5.69 Å². The number of amides is 1. The molecule has 7 heteroatoms. The minimum atomic E-state index is -0.483. The topological polar surface area (TPSA) is 73.4 Å². The van der Waals surface area contributed by atoms with Crippen molar-refractivity contribution in [1.82, 2.24) is 10.9 Å². The molecule has 0 aliphatic rings. The number of thiocarbonyl (C=S) groups is 1. The summed E-state index contributed by atoms with van der Waals surface area (Å²) in [6.07, 6.45) is 0. The van der Waals surface area contributed by atoms with Gasteiger partial charge in [0.2, 0.25) is 0 Å². The molecule has 3 aromatic rings. The highest BCUT2D eigenvalue weighted by molar-refractivity contribution is 9.10. The van der Waals surface area contributed by atoms with Crippen LogP contribution < -0.4 is 16.2 Å². The minimum absolute atomic E-state index is 0.0928. The van der Waals surface area contributed by atoms with Gasteiger partial charge in [-0.05, 0) is 59.4 Å². The quantitative estimate of drug-likeness (QED) is 0.376. The number of phenols is 1. The summed E-state index contributed by atoms with van der Waals surface area (Å²) in [6, 6.07) is 18.1. The van der Waals surface area contributed by atoms with Gasteiger partial charge >= 0.3 is 0 Å². The average Bonchev–Trinajstić information content (AvgIpc) is 2.61. The van der Waals surface area contributed by atoms with E-state index in [0.717, 1.165) is 20.9 Å². The maximum absolute atomic E-state index is 12.3. The number of benzene rings is 3. The number of carbonyl (C=O) groups excluding carboxylic acids is 1. The third kappa shape index (κ3) is 4.26. The molecule has 5 nitrogen and oxygen atoms in total. The minimum Gasteiger partial charge on any atom is -0.507 e. The van der Waals surface area contributed by atoms with Crippen LogP contribution in [0, 0.1) is 0 Å². The van der Waals surface area contributed by atoms with Crippen molar-refractivity contribution in [3.8, 4) is 5.75 Å². The molecule has 0 bridgehead atoms. The van der Waals surface area contributed by atoms with E-state index in [9.17, 15) is 9.90 Å². The van der Waals surface area contributed by atoms with Gasteiger partial charge in [-0.1, -0.05) is 40.2 Å². The van der Waals surface area contributed by atoms with Gasteiger partial charge < -0.3 is 10.4 Å². The number of hydrazine groups is 1. The lowest BCUT2D eigenvalue weighted by Crippen LogP contribution is -2.43. The van der Waals surface area contributed by atoms with Gasteiger partial charge in [0.15, 0.2) is 5.11 Å². The highest BCUT2D eigenvalue weighted by Crippen LogP contribution is 2.24. The Labute approximate surface area is 158 Å². The molecule has 3 rings (SSSR count). The molecular weight excluding hydrogens is 402 g/mol. The van der Waals surface area contributed by atoms with E-state index in [1.54, 1.807) is 12.1 Å². The molecule has 25 heavy (non-hydrogen) atoms. The van der Waals surface area contributed by atoms with Crippen LogP contribution in [-0.4, -0.2) is 16.1 Å². The normalized spacial score (nSPS) is 10.3. The van der Waals surface area contributed by atoms with E-state index >= 15 is 0 Å². The maximum Gasteiger partial charge on any atom is 0.273 e. The molecule has 0 aliphatic carbocycles. The number of rotatable bonds is 2. The molecular formula is C18H14BrN3O2S. The predicted molar refractivity (Wildman–Crippen MR) is 107 cm³/mol. The second-order valence-corrected chi connectivity index (χ2v) is 6.58. The summed E-state index contributed by atoms with van der Waals surface area (Å²) in [7, 11) is 0. The number of phenolic OH excluding ortho intramolecular Hbond substituents is 1. The van der Waals surface area contributed by atoms with Gasteiger partial charge in [0.1, 0.15) is 5.75 Å². The summed E-state index contributed by atoms with van der Waals surface area (Å²) in [5.41, 5.74) is 6.04. The summed E-state index contributed by atoms with van der Waals surface area (Å²) >= 11 is 8.49. The molecule has 0 heterocycles. The highest BCUT2D eigenvalue weighted by Gasteiger charge is 2.12. The van der Waals surface area contributed by atoms with E-state index in [4.69, 9.17) is 12.2 Å². The number of nitrogens with one attached hydrogen (secondary N) is 3. The van der Waals surface area contributed by atoms with Crippen molar-refractivity contribution in [2.24, 2.45) is 0 Å². The van der Waals surface area contributed by atoms with Crippen LogP contribution in [0.1, 0.15) is 10.4 Å². The smallest absolute Gasteiger partial charge is 0.273 e. The van der Waals surface area contributed by atoms with Crippen molar-refractivity contribution in [2.45, 2.75) is 0 Å². The van der Waals surface area contributed by atoms with Crippen LogP contribution in [0.2, 0.25) is 0 Å². The van der Waals surface area contributed by atoms with Gasteiger partial charge in [-0.25, -0.2) is 0 Å². The number of hydrogen-bond acceptors (Lipinski definition) is 3. The Morgan fingerprint density at radius 3 is 2.28 bits per heavy atom. The van der Waals surface area contributed by atoms with E-state index < -0.39 is 5.91 Å². The van der Waals surface area contributed by atoms with E-state index in [1.807, 2.05) is 48.5 Å². The monoisotopic (exact) mass is 415 g/mol. The van der Waals surface area contributed by atoms with E-state index in [1.165, 1.54) is 0 Å². The number of fused-ring (bicyclic) bond motifs is 1. The van der Waals surface area contributed by atoms with E-state index in [0.29, 0.717) is 0 Å². The lowest BCUT2D eigenvalue weighted by molar-refractivity contribution is 0.0941. The third-order valence-corrected chi connectivity index (χ3v) is 4.23. The molecule has 4 N–H and O–H groups in total. The molecule has 0 saturated heterocycles. The molecule has 3 aromatic carbocycles. The van der Waals surface area contributed by atoms with Crippen molar-refractivity contribution in [1.29, 1.82) is 0 Å². The first-order valence-corrected chi connectivity index (χ1v) is 8.58. The first kappa shape index (κ1) is 17.2. The molecule has 126 valence electrons. The third-order valence-electron chi connectivity index (χ3n) is 3.50. The molecule has 0 atom stereocenters. The Balaban J connectivity index is 1.65. The summed E-state index contributed by atoms with van der Waals surface area (Å²) in [6.45, 7) is 0. The van der Waals surface area contributed by atoms with Crippen molar-refractivity contribution in [2.75, 3.05) is 5.32 Å². The predicted octanol–water partition coefficient (Wildman–Crippen LogP) is 3.94. The molecule has 0 fully saturated rings. The zero-order valence-electron chi connectivity index (χ0n) is 12.9. The van der Waals surface area contributed by atoms with Crippen molar-refractivity contribution >= 4 is 55.6 Å². The Hall–Kier alpha value is -2.64. The number of carbonyl (C=O) groups is 1. The number of anilines is 1. The molecule has 0 aliphatic heterocycles. The SMILES string of the molecule is O=C(NNC(=S)Nc1ccc(Br)cc1)c1cc2ccccc2cc1O. The Morgan fingerprint density at radius 2 is 1.60 bits per heavy atom. The van der Waals surface area contributed by atoms with Gasteiger partial charge in [0, 0.05) is 10.2 Å². The van der Waals surface area contributed by atoms with Gasteiger partial charge in [-0.15, -0.1) is 0 Å². The van der Waals surface area contributed by atoms with Crippen LogP contribution in [0.3, 0.4) is 0 Å². The van der Waals surface area contributed by atoms with E-state index in [2.05, 4.69) is 32.1 Å². The molecule has 1 amide bonds. The molecule has 0 spiro atoms. The Bertz CT molecular complexity index is 945. The van der Waals surface area contributed by atoms with Gasteiger partial charge in [0.25, 0.3) is 5.91 Å². The van der Waals surface area contributed by atoms with Gasteiger partial charge in [0.05, 0.1) is 5.56 Å². The lowest BCUT2D eigenvalue weighted by atomic mass is 10.1. The number of hydrogen-bond donors (Lipinski definition) is 4. The summed E-state index contributed by atoms with van der Waals surface area (Å²) in [5.74, 6) is -0.576. The second kappa shape index (κ2) is 7.50. The molecule has 0 unspecified atom stereocenters. The van der Waals surface area contributed by atoms with Gasteiger partial charge in [-0.2, -0.15) is 0 Å². The first-order valence-electron chi connectivity index (χ1n) is 7.37. The first-order chi connectivity index (χ1) is 12.0. The Kier molecular flexibility index (Phi) is 5.16. The second-order valence-electron chi connectivity index (χ2n) is 5.26. The average molecular weight is 416 g/mol. The molecule has 0 saturated carbocycles. The fourth-order valence-corrected chi connectivity index (χ4v) is 2.72. The fraction of sp³-hybridized carbons (Fsp3) is 0. The Morgan fingerprint density at radius 1 is 0.960 bits per heavy atom. The van der Waals surface area contributed by atoms with Crippen molar-refractivity contribution < 1.29 is 9.90 Å². The van der Waals surface area contributed by atoms with Crippen molar-refractivity contribution in [3.63, 3.8) is 0 Å². The standard InChI is InChI=1S/C18H14BrN3O2S/c19-13-5-7-14(8-6-13)20-18(25)22-21-17(24)15-9-11-3-1-2-4-12(11)10-16(15)23/h1-10,23H,(H,21,24)(H2,20,22,25). The van der Waals surface area contributed by atoms with Crippen LogP contribution in [0.5, 0.6) is 5.75 Å². The molecule has 0 aromatic heterocycles. The zero-order valence-corrected chi connectivity index (χ0v) is 15.3. The lowest BCUT2D eigenvalue weighted by Gasteiger charge is -2.12. The van der Waals surface area contributed by atoms with Crippen LogP contribution in [0.25, 0.3) is 10.8 Å². The molecule has 0 radical (unpaired) electrons. The number of aromatic hydroxyl groups is 1. The summed E-state index contributed by atoms with van der Waals surface area (Å²) in [4.78, 5) is 12.3. The van der Waals surface area contributed by atoms with Crippen LogP contribution in [0.15, 0.2) is 65.1 Å². The van der Waals surface area contributed by atoms with Gasteiger partial charge in [-0.3, -0.25) is 15.6 Å². The van der Waals surface area contributed by atoms with Crippen LogP contribution >= 0.6 is 28.1 Å². The maximum atomic E-state index is 12.3. The highest BCUT2D eigenvalue weighted by atomic mass is 79.9. The number of halogens is 1. The van der Waals surface area contributed by atoms with E-state index in [-0.39, 0.29) is 16.4 Å². The summed E-state index contributed by atoms with van der Waals surface area (Å²) in [5, 5.41) is 15.0. The largest absolute Gasteiger partial charge is 0.507 e. The summed E-state index contributed by atoms with van der Waals surface area (Å²) < 4.78 is 0.956. The fourth-order valence-electron chi connectivity index (χ4n) is 2.29. The van der Waals surface area contributed by atoms with Crippen molar-refractivity contribution in [3.05, 3.63) is 70.7 Å².